The fourth-order valence-electron chi connectivity index (χ4n) is 2.41. The molecule has 0 saturated carbocycles. The molecule has 1 heterocycles. The molecular weight excluding hydrogens is 210 g/mol. The smallest absolute Gasteiger partial charge is 0.107 e. The lowest BCUT2D eigenvalue weighted by Gasteiger charge is -2.36. The Kier molecular flexibility index (Phi) is 3.08. The molecule has 0 bridgehead atoms. The molecule has 1 aromatic rings. The van der Waals surface area contributed by atoms with Gasteiger partial charge in [-0.2, -0.15) is 5.26 Å². The Hall–Kier alpha value is -1.53. The first-order valence-electron chi connectivity index (χ1n) is 6.06. The summed E-state index contributed by atoms with van der Waals surface area (Å²) < 4.78 is 0. The van der Waals surface area contributed by atoms with Gasteiger partial charge in [-0.05, 0) is 49.9 Å². The fourth-order valence-corrected chi connectivity index (χ4v) is 2.41. The topological polar surface area (TPSA) is 53.0 Å². The summed E-state index contributed by atoms with van der Waals surface area (Å²) in [6.45, 7) is 5.96. The van der Waals surface area contributed by atoms with Crippen molar-refractivity contribution >= 4 is 5.69 Å². The first kappa shape index (κ1) is 11.9. The van der Waals surface area contributed by atoms with Crippen molar-refractivity contribution in [1.29, 1.82) is 5.26 Å². The average molecular weight is 229 g/mol. The highest BCUT2D eigenvalue weighted by atomic mass is 15.1. The van der Waals surface area contributed by atoms with E-state index in [1.165, 1.54) is 16.8 Å². The minimum absolute atomic E-state index is 0.616. The van der Waals surface area contributed by atoms with Gasteiger partial charge in [-0.15, -0.1) is 0 Å². The van der Waals surface area contributed by atoms with Crippen molar-refractivity contribution in [3.63, 3.8) is 0 Å². The van der Waals surface area contributed by atoms with Crippen molar-refractivity contribution in [3.8, 4) is 6.07 Å². The standard InChI is InChI=1S/C14H19N3/c1-11-7-12(2)9-13(8-11)17-5-3-14(16,10-15)4-6-17/h7-9H,3-6,16H2,1-2H3. The third-order valence-electron chi connectivity index (χ3n) is 3.45. The van der Waals surface area contributed by atoms with Gasteiger partial charge in [0.2, 0.25) is 0 Å². The number of nitrogens with two attached hydrogens (primary N) is 1. The molecule has 2 N–H and O–H groups in total. The molecule has 0 spiro atoms. The van der Waals surface area contributed by atoms with Gasteiger partial charge in [0, 0.05) is 18.8 Å². The van der Waals surface area contributed by atoms with Crippen LogP contribution in [0, 0.1) is 25.2 Å². The molecule has 2 rings (SSSR count). The Labute approximate surface area is 103 Å². The van der Waals surface area contributed by atoms with Crippen molar-refractivity contribution in [2.45, 2.75) is 32.2 Å². The van der Waals surface area contributed by atoms with Crippen LogP contribution >= 0.6 is 0 Å². The fraction of sp³-hybridized carbons (Fsp3) is 0.500. The molecule has 90 valence electrons. The second-order valence-corrected chi connectivity index (χ2v) is 5.10. The van der Waals surface area contributed by atoms with E-state index in [0.717, 1.165) is 25.9 Å². The zero-order chi connectivity index (χ0) is 12.5. The molecule has 17 heavy (non-hydrogen) atoms. The molecule has 0 amide bonds. The largest absolute Gasteiger partial charge is 0.371 e. The maximum atomic E-state index is 9.00. The molecule has 1 aromatic carbocycles. The van der Waals surface area contributed by atoms with Crippen LogP contribution in [0.1, 0.15) is 24.0 Å². The van der Waals surface area contributed by atoms with Gasteiger partial charge in [-0.3, -0.25) is 0 Å². The van der Waals surface area contributed by atoms with Crippen LogP contribution in [0.15, 0.2) is 18.2 Å². The third kappa shape index (κ3) is 2.59. The van der Waals surface area contributed by atoms with Gasteiger partial charge in [-0.25, -0.2) is 0 Å². The molecule has 0 aliphatic carbocycles. The monoisotopic (exact) mass is 229 g/mol. The van der Waals surface area contributed by atoms with Gasteiger partial charge in [0.05, 0.1) is 6.07 Å². The molecule has 0 unspecified atom stereocenters. The maximum absolute atomic E-state index is 9.00. The number of hydrogen-bond acceptors (Lipinski definition) is 3. The summed E-state index contributed by atoms with van der Waals surface area (Å²) in [5, 5.41) is 9.00. The number of anilines is 1. The quantitative estimate of drug-likeness (QED) is 0.802. The first-order chi connectivity index (χ1) is 8.02. The highest BCUT2D eigenvalue weighted by Gasteiger charge is 2.30. The van der Waals surface area contributed by atoms with Crippen molar-refractivity contribution in [2.24, 2.45) is 5.73 Å². The van der Waals surface area contributed by atoms with Gasteiger partial charge >= 0.3 is 0 Å². The van der Waals surface area contributed by atoms with Crippen LogP contribution in [0.3, 0.4) is 0 Å². The Bertz CT molecular complexity index is 431. The Morgan fingerprint density at radius 3 is 2.18 bits per heavy atom. The minimum atomic E-state index is -0.616. The molecule has 1 saturated heterocycles. The average Bonchev–Trinajstić information content (AvgIpc) is 2.29. The number of aryl methyl sites for hydroxylation is 2. The number of hydrogen-bond donors (Lipinski definition) is 1. The number of nitrogens with zero attached hydrogens (tertiary/aromatic N) is 2. The summed E-state index contributed by atoms with van der Waals surface area (Å²) in [5.41, 5.74) is 9.17. The van der Waals surface area contributed by atoms with E-state index < -0.39 is 5.54 Å². The van der Waals surface area contributed by atoms with E-state index in [1.54, 1.807) is 0 Å². The van der Waals surface area contributed by atoms with E-state index in [1.807, 2.05) is 0 Å². The maximum Gasteiger partial charge on any atom is 0.107 e. The second kappa shape index (κ2) is 4.38. The zero-order valence-electron chi connectivity index (χ0n) is 10.5. The summed E-state index contributed by atoms with van der Waals surface area (Å²) in [6, 6.07) is 8.80. The predicted octanol–water partition coefficient (Wildman–Crippen LogP) is 2.12. The highest BCUT2D eigenvalue weighted by Crippen LogP contribution is 2.25. The predicted molar refractivity (Wildman–Crippen MR) is 69.9 cm³/mol. The molecular formula is C14H19N3. The summed E-state index contributed by atoms with van der Waals surface area (Å²) in [7, 11) is 0. The van der Waals surface area contributed by atoms with E-state index in [2.05, 4.69) is 43.0 Å². The van der Waals surface area contributed by atoms with Crippen LogP contribution in [-0.4, -0.2) is 18.6 Å². The molecule has 3 heteroatoms. The zero-order valence-corrected chi connectivity index (χ0v) is 10.5. The van der Waals surface area contributed by atoms with Gasteiger partial charge in [0.15, 0.2) is 0 Å². The first-order valence-corrected chi connectivity index (χ1v) is 6.06. The highest BCUT2D eigenvalue weighted by molar-refractivity contribution is 5.51. The number of piperidine rings is 1. The molecule has 0 atom stereocenters. The van der Waals surface area contributed by atoms with E-state index in [-0.39, 0.29) is 0 Å². The lowest BCUT2D eigenvalue weighted by Crippen LogP contribution is -2.49. The molecule has 0 aromatic heterocycles. The van der Waals surface area contributed by atoms with Gasteiger partial charge in [-0.1, -0.05) is 6.07 Å². The Morgan fingerprint density at radius 2 is 1.71 bits per heavy atom. The lowest BCUT2D eigenvalue weighted by molar-refractivity contribution is 0.415. The van der Waals surface area contributed by atoms with Crippen molar-refractivity contribution in [1.82, 2.24) is 0 Å². The third-order valence-corrected chi connectivity index (χ3v) is 3.45. The summed E-state index contributed by atoms with van der Waals surface area (Å²) in [5.74, 6) is 0. The van der Waals surface area contributed by atoms with Crippen molar-refractivity contribution in [2.75, 3.05) is 18.0 Å². The summed E-state index contributed by atoms with van der Waals surface area (Å²) in [4.78, 5) is 2.32. The number of rotatable bonds is 1. The number of nitriles is 1. The Morgan fingerprint density at radius 1 is 1.18 bits per heavy atom. The summed E-state index contributed by atoms with van der Waals surface area (Å²) >= 11 is 0. The Balaban J connectivity index is 2.13. The minimum Gasteiger partial charge on any atom is -0.371 e. The van der Waals surface area contributed by atoms with E-state index in [4.69, 9.17) is 11.0 Å². The van der Waals surface area contributed by atoms with Crippen LogP contribution in [0.2, 0.25) is 0 Å². The SMILES string of the molecule is Cc1cc(C)cc(N2CCC(N)(C#N)CC2)c1. The molecule has 0 radical (unpaired) electrons. The van der Waals surface area contributed by atoms with Crippen molar-refractivity contribution < 1.29 is 0 Å². The van der Waals surface area contributed by atoms with Crippen LogP contribution in [-0.2, 0) is 0 Å². The van der Waals surface area contributed by atoms with Crippen LogP contribution in [0.4, 0.5) is 5.69 Å². The number of benzene rings is 1. The van der Waals surface area contributed by atoms with Gasteiger partial charge in [0.25, 0.3) is 0 Å². The van der Waals surface area contributed by atoms with Crippen LogP contribution in [0.5, 0.6) is 0 Å². The van der Waals surface area contributed by atoms with E-state index in [9.17, 15) is 0 Å². The molecule has 3 nitrogen and oxygen atoms in total. The van der Waals surface area contributed by atoms with Gasteiger partial charge in [0.1, 0.15) is 5.54 Å². The van der Waals surface area contributed by atoms with Crippen LogP contribution < -0.4 is 10.6 Å². The molecule has 1 fully saturated rings. The second-order valence-electron chi connectivity index (χ2n) is 5.10. The molecule has 1 aliphatic heterocycles. The summed E-state index contributed by atoms with van der Waals surface area (Å²) in [6.07, 6.45) is 1.49. The van der Waals surface area contributed by atoms with E-state index >= 15 is 0 Å². The van der Waals surface area contributed by atoms with Crippen molar-refractivity contribution in [3.05, 3.63) is 29.3 Å². The van der Waals surface area contributed by atoms with E-state index in [0.29, 0.717) is 0 Å². The normalized spacial score (nSPS) is 18.8. The van der Waals surface area contributed by atoms with Gasteiger partial charge < -0.3 is 10.6 Å². The molecule has 1 aliphatic rings. The lowest BCUT2D eigenvalue weighted by atomic mass is 9.90. The van der Waals surface area contributed by atoms with Crippen LogP contribution in [0.25, 0.3) is 0 Å².